The van der Waals surface area contributed by atoms with Crippen molar-refractivity contribution in [2.45, 2.75) is 168 Å². The van der Waals surface area contributed by atoms with E-state index >= 15 is 0 Å². The van der Waals surface area contributed by atoms with Crippen molar-refractivity contribution in [1.29, 1.82) is 0 Å². The highest BCUT2D eigenvalue weighted by Crippen LogP contribution is 2.33. The third-order valence-electron chi connectivity index (χ3n) is 11.7. The molecular weight excluding hydrogens is 805 g/mol. The second kappa shape index (κ2) is 26.4. The van der Waals surface area contributed by atoms with Gasteiger partial charge in [-0.3, -0.25) is 19.2 Å². The molecule has 2 saturated carbocycles. The first-order valence-corrected chi connectivity index (χ1v) is 22.2. The molecule has 4 fully saturated rings. The van der Waals surface area contributed by atoms with Crippen LogP contribution in [0.15, 0.2) is 9.05 Å². The van der Waals surface area contributed by atoms with Crippen LogP contribution in [0.2, 0.25) is 0 Å². The maximum atomic E-state index is 12.5. The molecule has 2 amide bonds. The number of ether oxygens (including phenoxy) is 1. The number of hydrogen-bond donors (Lipinski definition) is 1. The maximum Gasteiger partial charge on any atom is 0.373 e. The Balaban J connectivity index is 0.000000295. The Labute approximate surface area is 363 Å². The Kier molecular flexibility index (Phi) is 21.8. The van der Waals surface area contributed by atoms with Crippen LogP contribution >= 0.6 is 0 Å². The van der Waals surface area contributed by atoms with Crippen LogP contribution in [0.4, 0.5) is 0 Å². The first-order chi connectivity index (χ1) is 29.6. The molecule has 2 saturated heterocycles. The van der Waals surface area contributed by atoms with Gasteiger partial charge in [-0.05, 0) is 57.3 Å². The van der Waals surface area contributed by atoms with Gasteiger partial charge in [0, 0.05) is 38.0 Å². The van der Waals surface area contributed by atoms with Crippen LogP contribution in [-0.2, 0) is 33.5 Å². The largest absolute Gasteiger partial charge is 0.481 e. The third kappa shape index (κ3) is 18.1. The van der Waals surface area contributed by atoms with Crippen molar-refractivity contribution < 1.29 is 57.2 Å². The van der Waals surface area contributed by atoms with Crippen LogP contribution in [0.25, 0.3) is 0 Å². The zero-order chi connectivity index (χ0) is 45.7. The summed E-state index contributed by atoms with van der Waals surface area (Å²) in [5, 5.41) is 16.9. The highest BCUT2D eigenvalue weighted by molar-refractivity contribution is 5.91. The van der Waals surface area contributed by atoms with Crippen LogP contribution in [0.3, 0.4) is 0 Å². The Morgan fingerprint density at radius 2 is 1.05 bits per heavy atom. The number of carbonyl (C=O) groups excluding carboxylic acids is 7. The molecule has 6 rings (SSSR count). The second-order valence-electron chi connectivity index (χ2n) is 18.4. The molecule has 18 heteroatoms. The van der Waals surface area contributed by atoms with E-state index in [9.17, 15) is 24.3 Å². The Bertz CT molecular complexity index is 1740. The number of carbonyl (C=O) groups is 4. The quantitative estimate of drug-likeness (QED) is 0.166. The summed E-state index contributed by atoms with van der Waals surface area (Å²) in [5.74, 6) is 1.27. The van der Waals surface area contributed by atoms with Gasteiger partial charge >= 0.3 is 24.2 Å². The van der Waals surface area contributed by atoms with Crippen molar-refractivity contribution in [3.8, 4) is 0 Å². The predicted octanol–water partition coefficient (Wildman–Crippen LogP) is 7.03. The minimum Gasteiger partial charge on any atom is -0.481 e. The van der Waals surface area contributed by atoms with Crippen LogP contribution in [0, 0.1) is 23.7 Å². The van der Waals surface area contributed by atoms with Gasteiger partial charge in [-0.1, -0.05) is 114 Å². The van der Waals surface area contributed by atoms with Gasteiger partial charge in [-0.15, -0.1) is 0 Å². The lowest BCUT2D eigenvalue weighted by molar-refractivity contribution is -0.193. The normalized spacial score (nSPS) is 18.0. The molecule has 4 aliphatic rings. The highest BCUT2D eigenvalue weighted by atomic mass is 16.6. The van der Waals surface area contributed by atoms with E-state index in [0.29, 0.717) is 37.2 Å². The number of likely N-dealkylation sites (tertiary alicyclic amines) is 2. The van der Waals surface area contributed by atoms with E-state index < -0.39 is 11.6 Å². The molecule has 0 aromatic carbocycles. The second-order valence-corrected chi connectivity index (χ2v) is 18.4. The number of rotatable bonds is 16. The van der Waals surface area contributed by atoms with Crippen molar-refractivity contribution in [1.82, 2.24) is 30.1 Å². The van der Waals surface area contributed by atoms with Crippen LogP contribution < -0.4 is 0 Å². The molecule has 0 spiro atoms. The molecule has 2 aromatic heterocycles. The van der Waals surface area contributed by atoms with Crippen LogP contribution in [-0.4, -0.2) is 103 Å². The summed E-state index contributed by atoms with van der Waals surface area (Å²) in [6.45, 7) is 12.7. The molecule has 4 heterocycles. The molecule has 62 heavy (non-hydrogen) atoms. The average Bonchev–Trinajstić information content (AvgIpc) is 3.90. The number of amides is 2. The van der Waals surface area contributed by atoms with Gasteiger partial charge in [0.25, 0.3) is 23.5 Å². The lowest BCUT2D eigenvalue weighted by Crippen LogP contribution is -2.48. The first kappa shape index (κ1) is 51.3. The summed E-state index contributed by atoms with van der Waals surface area (Å²) < 4.78 is 16.2. The van der Waals surface area contributed by atoms with E-state index in [1.54, 1.807) is 9.80 Å². The fourth-order valence-corrected chi connectivity index (χ4v) is 8.67. The minimum absolute atomic E-state index is 0.0404. The SMILES string of the molecule is CC1CN(C(=O)c2noc([C@H](CCCC3CCCCC3)CC(=O)O)n2)C1.CC1CN(C(=O)c2noc([C@H](CCCC3CCCCC3)CC(=O)OC(C)(C)C)n2)C1.O=C=O.O=C=O. The van der Waals surface area contributed by atoms with E-state index in [1.807, 2.05) is 20.8 Å². The molecular formula is C44H66N6O12. The molecule has 0 radical (unpaired) electrons. The number of carboxylic acids is 1. The van der Waals surface area contributed by atoms with Crippen molar-refractivity contribution >= 4 is 36.1 Å². The van der Waals surface area contributed by atoms with Crippen molar-refractivity contribution in [3.05, 3.63) is 23.4 Å². The zero-order valence-corrected chi connectivity index (χ0v) is 37.1. The first-order valence-electron chi connectivity index (χ1n) is 22.2. The van der Waals surface area contributed by atoms with E-state index in [0.717, 1.165) is 57.0 Å². The molecule has 0 unspecified atom stereocenters. The number of esters is 1. The minimum atomic E-state index is -0.879. The Hall–Kier alpha value is -5.08. The van der Waals surface area contributed by atoms with Gasteiger partial charge in [-0.25, -0.2) is 0 Å². The van der Waals surface area contributed by atoms with Crippen molar-refractivity contribution in [3.63, 3.8) is 0 Å². The van der Waals surface area contributed by atoms with Gasteiger partial charge < -0.3 is 28.7 Å². The van der Waals surface area contributed by atoms with Gasteiger partial charge in [0.15, 0.2) is 0 Å². The Morgan fingerprint density at radius 3 is 1.39 bits per heavy atom. The molecule has 2 aliphatic carbocycles. The number of nitrogens with zero attached hydrogens (tertiary/aromatic N) is 6. The number of hydrogen-bond acceptors (Lipinski definition) is 15. The van der Waals surface area contributed by atoms with Gasteiger partial charge in [0.1, 0.15) is 5.60 Å². The fraction of sp³-hybridized carbons (Fsp3) is 0.773. The lowest BCUT2D eigenvalue weighted by Gasteiger charge is -2.36. The summed E-state index contributed by atoms with van der Waals surface area (Å²) in [7, 11) is 0. The fourth-order valence-electron chi connectivity index (χ4n) is 8.67. The maximum absolute atomic E-state index is 12.5. The van der Waals surface area contributed by atoms with Gasteiger partial charge in [0.2, 0.25) is 11.8 Å². The number of aliphatic carboxylic acids is 1. The van der Waals surface area contributed by atoms with Gasteiger partial charge in [-0.2, -0.15) is 29.1 Å². The summed E-state index contributed by atoms with van der Waals surface area (Å²) in [6, 6.07) is 0. The van der Waals surface area contributed by atoms with Crippen molar-refractivity contribution in [2.75, 3.05) is 26.2 Å². The zero-order valence-electron chi connectivity index (χ0n) is 37.1. The molecule has 2 atom stereocenters. The average molecular weight is 871 g/mol. The van der Waals surface area contributed by atoms with E-state index in [2.05, 4.69) is 34.1 Å². The molecule has 1 N–H and O–H groups in total. The smallest absolute Gasteiger partial charge is 0.373 e. The molecule has 18 nitrogen and oxygen atoms in total. The topological polar surface area (TPSA) is 250 Å². The number of carboxylic acid groups (broad SMARTS) is 1. The third-order valence-corrected chi connectivity index (χ3v) is 11.7. The van der Waals surface area contributed by atoms with E-state index in [4.69, 9.17) is 33.0 Å². The lowest BCUT2D eigenvalue weighted by atomic mass is 9.84. The van der Waals surface area contributed by atoms with E-state index in [-0.39, 0.29) is 72.3 Å². The molecule has 344 valence electrons. The van der Waals surface area contributed by atoms with E-state index in [1.165, 1.54) is 64.2 Å². The summed E-state index contributed by atoms with van der Waals surface area (Å²) in [6.07, 6.45) is 19.6. The number of aromatic nitrogens is 4. The molecule has 2 aromatic rings. The molecule has 2 aliphatic heterocycles. The summed E-state index contributed by atoms with van der Waals surface area (Å²) in [4.78, 5) is 93.0. The van der Waals surface area contributed by atoms with Crippen LogP contribution in [0.5, 0.6) is 0 Å². The monoisotopic (exact) mass is 870 g/mol. The predicted molar refractivity (Wildman–Crippen MR) is 218 cm³/mol. The summed E-state index contributed by atoms with van der Waals surface area (Å²) >= 11 is 0. The van der Waals surface area contributed by atoms with Gasteiger partial charge in [0.05, 0.1) is 12.8 Å². The highest BCUT2D eigenvalue weighted by Gasteiger charge is 2.34. The standard InChI is InChI=1S/C23H37N3O4.C19H29N3O4.2CO2/c1-16-14-26(15-16)22(28)20-24-21(30-25-20)18(13-19(27)29-23(2,3)4)12-8-11-17-9-6-5-7-10-17;1-13-11-22(12-13)19(25)17-20-18(26-21-17)15(10-16(23)24)9-5-8-14-6-3-2-4-7-14;2*2-1-3/h16-18H,5-15H2,1-4H3;13-15H,2-12H2,1H3,(H,23,24);;/t18-;15-;;/m11../s1. The summed E-state index contributed by atoms with van der Waals surface area (Å²) in [5.41, 5.74) is -0.534. The Morgan fingerprint density at radius 1 is 0.677 bits per heavy atom. The van der Waals surface area contributed by atoms with Crippen molar-refractivity contribution in [2.24, 2.45) is 23.7 Å². The molecule has 0 bridgehead atoms. The van der Waals surface area contributed by atoms with Crippen LogP contribution in [0.1, 0.15) is 195 Å².